The van der Waals surface area contributed by atoms with Gasteiger partial charge >= 0.3 is 12.1 Å². The highest BCUT2D eigenvalue weighted by molar-refractivity contribution is 6.76. The standard InChI is InChI=1S/C27H43N5O5Si/c1-8-9-22(25(33)34)23(24-28-29-30-32(24)18-36-12-13-38(5,6)7)15-19-10-11-20-16-31(17-21(20)14-19)26(35)37-27(2,3)4/h10-11,14,22-23H,8-9,12-13,15-18H2,1-7H3,(H,33,34)/t22-,23-/m0/s1. The van der Waals surface area contributed by atoms with Crippen molar-refractivity contribution in [3.05, 3.63) is 40.7 Å². The van der Waals surface area contributed by atoms with Gasteiger partial charge in [-0.1, -0.05) is 51.2 Å². The van der Waals surface area contributed by atoms with Crippen LogP contribution in [0.4, 0.5) is 4.79 Å². The van der Waals surface area contributed by atoms with E-state index in [0.717, 1.165) is 29.2 Å². The molecule has 1 aliphatic rings. The van der Waals surface area contributed by atoms with Crippen LogP contribution in [-0.2, 0) is 40.5 Å². The molecule has 3 rings (SSSR count). The molecule has 0 radical (unpaired) electrons. The number of amides is 1. The smallest absolute Gasteiger partial charge is 0.410 e. The van der Waals surface area contributed by atoms with E-state index in [1.54, 1.807) is 9.58 Å². The predicted octanol–water partition coefficient (Wildman–Crippen LogP) is 5.06. The molecule has 1 aromatic heterocycles. The minimum atomic E-state index is -1.24. The van der Waals surface area contributed by atoms with Crippen LogP contribution in [0.3, 0.4) is 0 Å². The summed E-state index contributed by atoms with van der Waals surface area (Å²) in [5.74, 6) is -1.40. The molecule has 1 N–H and O–H groups in total. The fourth-order valence-corrected chi connectivity index (χ4v) is 5.36. The maximum Gasteiger partial charge on any atom is 0.410 e. The third kappa shape index (κ3) is 8.36. The van der Waals surface area contributed by atoms with Crippen molar-refractivity contribution in [1.29, 1.82) is 0 Å². The van der Waals surface area contributed by atoms with E-state index in [-0.39, 0.29) is 12.8 Å². The van der Waals surface area contributed by atoms with Crippen LogP contribution in [0.25, 0.3) is 0 Å². The first-order valence-corrected chi connectivity index (χ1v) is 17.1. The molecular weight excluding hydrogens is 502 g/mol. The average molecular weight is 546 g/mol. The van der Waals surface area contributed by atoms with Crippen molar-refractivity contribution < 1.29 is 24.2 Å². The summed E-state index contributed by atoms with van der Waals surface area (Å²) in [6, 6.07) is 7.12. The quantitative estimate of drug-likeness (QED) is 0.290. The first kappa shape index (κ1) is 29.8. The van der Waals surface area contributed by atoms with Crippen molar-refractivity contribution in [1.82, 2.24) is 25.1 Å². The number of rotatable bonds is 12. The molecule has 0 bridgehead atoms. The minimum absolute atomic E-state index is 0.191. The van der Waals surface area contributed by atoms with Crippen LogP contribution in [0.15, 0.2) is 18.2 Å². The van der Waals surface area contributed by atoms with E-state index in [1.807, 2.05) is 39.8 Å². The summed E-state index contributed by atoms with van der Waals surface area (Å²) in [6.45, 7) is 16.2. The number of carboxylic acids is 1. The maximum atomic E-state index is 12.6. The highest BCUT2D eigenvalue weighted by Crippen LogP contribution is 2.33. The summed E-state index contributed by atoms with van der Waals surface area (Å²) in [6.07, 6.45) is 1.37. The van der Waals surface area contributed by atoms with E-state index < -0.39 is 31.5 Å². The monoisotopic (exact) mass is 545 g/mol. The molecule has 210 valence electrons. The Morgan fingerprint density at radius 3 is 2.50 bits per heavy atom. The Morgan fingerprint density at radius 1 is 1.16 bits per heavy atom. The summed E-state index contributed by atoms with van der Waals surface area (Å²) < 4.78 is 13.0. The number of fused-ring (bicyclic) bond motifs is 1. The van der Waals surface area contributed by atoms with Crippen LogP contribution in [-0.4, -0.2) is 62.6 Å². The number of aliphatic carboxylic acids is 1. The number of hydrogen-bond acceptors (Lipinski definition) is 7. The maximum absolute atomic E-state index is 12.6. The third-order valence-corrected chi connectivity index (χ3v) is 8.31. The van der Waals surface area contributed by atoms with Gasteiger partial charge in [0.1, 0.15) is 12.3 Å². The topological polar surface area (TPSA) is 120 Å². The van der Waals surface area contributed by atoms with Gasteiger partial charge in [-0.25, -0.2) is 9.48 Å². The molecule has 10 nitrogen and oxygen atoms in total. The fourth-order valence-electron chi connectivity index (χ4n) is 4.60. The number of ether oxygens (including phenoxy) is 2. The van der Waals surface area contributed by atoms with Gasteiger partial charge < -0.3 is 14.6 Å². The van der Waals surface area contributed by atoms with E-state index >= 15 is 0 Å². The second-order valence-electron chi connectivity index (χ2n) is 12.4. The molecule has 1 aromatic carbocycles. The summed E-state index contributed by atoms with van der Waals surface area (Å²) >= 11 is 0. The molecule has 0 saturated carbocycles. The van der Waals surface area contributed by atoms with E-state index in [9.17, 15) is 14.7 Å². The van der Waals surface area contributed by atoms with E-state index in [4.69, 9.17) is 9.47 Å². The van der Waals surface area contributed by atoms with Gasteiger partial charge in [-0.3, -0.25) is 9.69 Å². The molecule has 0 unspecified atom stereocenters. The molecular formula is C27H43N5O5Si. The van der Waals surface area contributed by atoms with Crippen LogP contribution in [0, 0.1) is 5.92 Å². The number of carboxylic acid groups (broad SMARTS) is 1. The van der Waals surface area contributed by atoms with Crippen molar-refractivity contribution in [3.8, 4) is 0 Å². The molecule has 0 fully saturated rings. The number of benzene rings is 1. The van der Waals surface area contributed by atoms with Crippen molar-refractivity contribution in [3.63, 3.8) is 0 Å². The molecule has 38 heavy (non-hydrogen) atoms. The van der Waals surface area contributed by atoms with Crippen LogP contribution in [0.2, 0.25) is 25.7 Å². The van der Waals surface area contributed by atoms with Crippen molar-refractivity contribution in [2.24, 2.45) is 5.92 Å². The molecule has 1 amide bonds. The lowest BCUT2D eigenvalue weighted by Crippen LogP contribution is -2.33. The Hall–Kier alpha value is -2.79. The van der Waals surface area contributed by atoms with E-state index in [0.29, 0.717) is 38.4 Å². The van der Waals surface area contributed by atoms with Crippen LogP contribution in [0.5, 0.6) is 0 Å². The van der Waals surface area contributed by atoms with Gasteiger partial charge in [-0.05, 0) is 66.8 Å². The van der Waals surface area contributed by atoms with Gasteiger partial charge in [0, 0.05) is 33.7 Å². The summed E-state index contributed by atoms with van der Waals surface area (Å²) in [7, 11) is -1.24. The largest absolute Gasteiger partial charge is 0.481 e. The van der Waals surface area contributed by atoms with Gasteiger partial charge in [0.2, 0.25) is 0 Å². The Labute approximate surface area is 226 Å². The zero-order valence-corrected chi connectivity index (χ0v) is 24.9. The van der Waals surface area contributed by atoms with Crippen molar-refractivity contribution >= 4 is 20.1 Å². The lowest BCUT2D eigenvalue weighted by atomic mass is 9.83. The molecule has 2 atom stereocenters. The first-order valence-electron chi connectivity index (χ1n) is 13.4. The predicted molar refractivity (Wildman–Crippen MR) is 146 cm³/mol. The molecule has 0 aliphatic carbocycles. The molecule has 2 heterocycles. The van der Waals surface area contributed by atoms with Crippen molar-refractivity contribution in [2.45, 2.75) is 104 Å². The number of aromatic nitrogens is 4. The lowest BCUT2D eigenvalue weighted by Gasteiger charge is -2.24. The summed E-state index contributed by atoms with van der Waals surface area (Å²) in [4.78, 5) is 26.6. The fraction of sp³-hybridized carbons (Fsp3) is 0.667. The summed E-state index contributed by atoms with van der Waals surface area (Å²) in [5.41, 5.74) is 2.54. The van der Waals surface area contributed by atoms with Gasteiger partial charge in [0.05, 0.1) is 5.92 Å². The molecule has 2 aromatic rings. The number of hydrogen-bond donors (Lipinski definition) is 1. The SMILES string of the molecule is CCC[C@H](C(=O)O)[C@H](Cc1ccc2c(c1)CN(C(=O)OC(C)(C)C)C2)c1nnnn1COCC[Si](C)(C)C. The van der Waals surface area contributed by atoms with E-state index in [1.165, 1.54) is 0 Å². The Bertz CT molecular complexity index is 1110. The first-order chi connectivity index (χ1) is 17.8. The number of carbonyl (C=O) groups excluding carboxylic acids is 1. The molecule has 11 heteroatoms. The van der Waals surface area contributed by atoms with Crippen LogP contribution >= 0.6 is 0 Å². The van der Waals surface area contributed by atoms with Crippen LogP contribution < -0.4 is 0 Å². The second kappa shape index (κ2) is 12.4. The lowest BCUT2D eigenvalue weighted by molar-refractivity contribution is -0.143. The Balaban J connectivity index is 1.80. The molecule has 0 spiro atoms. The zero-order chi connectivity index (χ0) is 28.1. The van der Waals surface area contributed by atoms with E-state index in [2.05, 4.69) is 41.2 Å². The molecule has 0 saturated heterocycles. The highest BCUT2D eigenvalue weighted by atomic mass is 28.3. The Kier molecular flexibility index (Phi) is 9.69. The number of carbonyl (C=O) groups is 2. The van der Waals surface area contributed by atoms with Crippen LogP contribution in [0.1, 0.15) is 69.0 Å². The van der Waals surface area contributed by atoms with Crippen molar-refractivity contribution in [2.75, 3.05) is 6.61 Å². The Morgan fingerprint density at radius 2 is 1.87 bits per heavy atom. The van der Waals surface area contributed by atoms with Gasteiger partial charge in [0.15, 0.2) is 5.82 Å². The summed E-state index contributed by atoms with van der Waals surface area (Å²) in [5, 5.41) is 22.4. The van der Waals surface area contributed by atoms with Gasteiger partial charge in [-0.2, -0.15) is 0 Å². The normalized spacial score (nSPS) is 15.3. The molecule has 1 aliphatic heterocycles. The highest BCUT2D eigenvalue weighted by Gasteiger charge is 2.34. The van der Waals surface area contributed by atoms with Gasteiger partial charge in [0.25, 0.3) is 0 Å². The zero-order valence-electron chi connectivity index (χ0n) is 23.9. The number of nitrogens with zero attached hydrogens (tertiary/aromatic N) is 5. The third-order valence-electron chi connectivity index (χ3n) is 6.60. The van der Waals surface area contributed by atoms with Gasteiger partial charge in [-0.15, -0.1) is 5.10 Å². The number of tetrazole rings is 1. The second-order valence-corrected chi connectivity index (χ2v) is 18.0. The average Bonchev–Trinajstić information content (AvgIpc) is 3.44. The minimum Gasteiger partial charge on any atom is -0.481 e.